The van der Waals surface area contributed by atoms with Crippen molar-refractivity contribution in [3.8, 4) is 0 Å². The van der Waals surface area contributed by atoms with Crippen LogP contribution >= 0.6 is 22.6 Å². The second-order valence-corrected chi connectivity index (χ2v) is 8.79. The molecule has 0 spiro atoms. The Labute approximate surface area is 186 Å². The Morgan fingerprint density at radius 3 is 2.70 bits per heavy atom. The number of hydrogen-bond donors (Lipinski definition) is 1. The summed E-state index contributed by atoms with van der Waals surface area (Å²) in [6, 6.07) is 14.3. The number of nitrogens with one attached hydrogen (secondary N) is 1. The number of rotatable bonds is 5. The molecule has 158 valence electrons. The Morgan fingerprint density at radius 1 is 1.23 bits per heavy atom. The van der Waals surface area contributed by atoms with Crippen LogP contribution in [0.25, 0.3) is 11.1 Å². The quantitative estimate of drug-likeness (QED) is 0.401. The molecule has 1 heterocycles. The lowest BCUT2D eigenvalue weighted by atomic mass is 9.82. The molecule has 1 saturated carbocycles. The number of benzene rings is 2. The molecule has 1 fully saturated rings. The zero-order chi connectivity index (χ0) is 21.1. The van der Waals surface area contributed by atoms with Gasteiger partial charge in [0.05, 0.1) is 0 Å². The zero-order valence-electron chi connectivity index (χ0n) is 16.1. The summed E-state index contributed by atoms with van der Waals surface area (Å²) in [5.41, 5.74) is 2.12. The van der Waals surface area contributed by atoms with Gasteiger partial charge in [0.2, 0.25) is 11.8 Å². The highest BCUT2D eigenvalue weighted by molar-refractivity contribution is 14.1. The number of amides is 1. The largest absolute Gasteiger partial charge is 0.445 e. The van der Waals surface area contributed by atoms with Crippen molar-refractivity contribution in [2.45, 2.75) is 44.3 Å². The van der Waals surface area contributed by atoms with Gasteiger partial charge in [0, 0.05) is 16.4 Å². The predicted molar refractivity (Wildman–Crippen MR) is 116 cm³/mol. The van der Waals surface area contributed by atoms with Gasteiger partial charge in [-0.1, -0.05) is 30.3 Å². The molecule has 1 aliphatic carbocycles. The fourth-order valence-electron chi connectivity index (χ4n) is 3.72. The van der Waals surface area contributed by atoms with E-state index >= 15 is 0 Å². The van der Waals surface area contributed by atoms with Gasteiger partial charge in [0.15, 0.2) is 5.58 Å². The van der Waals surface area contributed by atoms with E-state index in [1.807, 2.05) is 48.5 Å². The van der Waals surface area contributed by atoms with Crippen molar-refractivity contribution in [2.24, 2.45) is 5.92 Å². The average Bonchev–Trinajstić information content (AvgIpc) is 3.14. The number of alkyl halides is 2. The Bertz CT molecular complexity index is 1020. The molecular weight excluding hydrogens is 505 g/mol. The number of ether oxygens (including phenoxy) is 1. The Kier molecular flexibility index (Phi) is 6.21. The van der Waals surface area contributed by atoms with Gasteiger partial charge in [0.1, 0.15) is 18.2 Å². The second kappa shape index (κ2) is 8.87. The minimum atomic E-state index is -2.66. The van der Waals surface area contributed by atoms with Crippen LogP contribution in [0.5, 0.6) is 0 Å². The van der Waals surface area contributed by atoms with Crippen molar-refractivity contribution >= 4 is 39.8 Å². The number of halogens is 3. The van der Waals surface area contributed by atoms with Crippen molar-refractivity contribution < 1.29 is 22.7 Å². The van der Waals surface area contributed by atoms with Crippen LogP contribution in [0.15, 0.2) is 52.9 Å². The molecule has 0 saturated heterocycles. The van der Waals surface area contributed by atoms with E-state index in [9.17, 15) is 13.6 Å². The number of oxazole rings is 1. The molecular formula is C22H21F2IN2O3. The Balaban J connectivity index is 1.52. The van der Waals surface area contributed by atoms with E-state index in [4.69, 9.17) is 9.15 Å². The molecule has 0 aliphatic heterocycles. The number of nitrogens with zero attached hydrogens (tertiary/aromatic N) is 1. The lowest BCUT2D eigenvalue weighted by Crippen LogP contribution is -2.37. The maximum atomic E-state index is 13.7. The average molecular weight is 526 g/mol. The summed E-state index contributed by atoms with van der Waals surface area (Å²) < 4.78 is 39.6. The normalized spacial score (nSPS) is 17.6. The molecule has 30 heavy (non-hydrogen) atoms. The van der Waals surface area contributed by atoms with Gasteiger partial charge in [-0.05, 0) is 65.1 Å². The van der Waals surface area contributed by atoms with Crippen LogP contribution in [-0.2, 0) is 11.3 Å². The third-order valence-corrected chi connectivity index (χ3v) is 6.02. The van der Waals surface area contributed by atoms with Crippen LogP contribution in [0.3, 0.4) is 0 Å². The SMILES string of the molecule is O=C(NC(c1nc2cc(I)ccc2o1)C1CCC(F)(F)CC1)OCc1ccccc1. The van der Waals surface area contributed by atoms with Crippen molar-refractivity contribution in [1.82, 2.24) is 10.3 Å². The molecule has 2 aromatic carbocycles. The summed E-state index contributed by atoms with van der Waals surface area (Å²) in [5, 5.41) is 2.81. The molecule has 5 nitrogen and oxygen atoms in total. The monoisotopic (exact) mass is 526 g/mol. The van der Waals surface area contributed by atoms with Gasteiger partial charge in [-0.3, -0.25) is 0 Å². The van der Waals surface area contributed by atoms with E-state index in [0.717, 1.165) is 9.13 Å². The van der Waals surface area contributed by atoms with Gasteiger partial charge in [-0.25, -0.2) is 18.6 Å². The van der Waals surface area contributed by atoms with Crippen LogP contribution in [0.2, 0.25) is 0 Å². The number of alkyl carbamates (subject to hydrolysis) is 1. The minimum absolute atomic E-state index is 0.119. The highest BCUT2D eigenvalue weighted by atomic mass is 127. The van der Waals surface area contributed by atoms with Gasteiger partial charge < -0.3 is 14.5 Å². The summed E-state index contributed by atoms with van der Waals surface area (Å²) >= 11 is 2.18. The molecule has 4 rings (SSSR count). The van der Waals surface area contributed by atoms with Crippen LogP contribution in [-0.4, -0.2) is 17.0 Å². The van der Waals surface area contributed by atoms with E-state index < -0.39 is 18.1 Å². The number of aromatic nitrogens is 1. The van der Waals surface area contributed by atoms with E-state index in [-0.39, 0.29) is 38.2 Å². The third kappa shape index (κ3) is 5.08. The Hall–Kier alpha value is -2.23. The molecule has 0 bridgehead atoms. The number of carbonyl (C=O) groups is 1. The number of carbonyl (C=O) groups excluding carboxylic acids is 1. The van der Waals surface area contributed by atoms with Crippen molar-refractivity contribution in [3.63, 3.8) is 0 Å². The lowest BCUT2D eigenvalue weighted by Gasteiger charge is -2.32. The lowest BCUT2D eigenvalue weighted by molar-refractivity contribution is -0.0505. The Morgan fingerprint density at radius 2 is 1.97 bits per heavy atom. The molecule has 3 aromatic rings. The smallest absolute Gasteiger partial charge is 0.408 e. The highest BCUT2D eigenvalue weighted by Crippen LogP contribution is 2.41. The van der Waals surface area contributed by atoms with Crippen molar-refractivity contribution in [1.29, 1.82) is 0 Å². The van der Waals surface area contributed by atoms with Crippen LogP contribution in [0.1, 0.15) is 43.2 Å². The first-order chi connectivity index (χ1) is 14.4. The summed E-state index contributed by atoms with van der Waals surface area (Å²) in [6.07, 6.45) is -0.516. The maximum absolute atomic E-state index is 13.7. The van der Waals surface area contributed by atoms with E-state index in [0.29, 0.717) is 17.0 Å². The maximum Gasteiger partial charge on any atom is 0.408 e. The molecule has 1 atom stereocenters. The summed E-state index contributed by atoms with van der Waals surface area (Å²) in [7, 11) is 0. The summed E-state index contributed by atoms with van der Waals surface area (Å²) in [5.74, 6) is -2.55. The first-order valence-electron chi connectivity index (χ1n) is 9.81. The van der Waals surface area contributed by atoms with Gasteiger partial charge >= 0.3 is 6.09 Å². The number of fused-ring (bicyclic) bond motifs is 1. The van der Waals surface area contributed by atoms with Gasteiger partial charge in [-0.2, -0.15) is 0 Å². The van der Waals surface area contributed by atoms with E-state index in [2.05, 4.69) is 32.9 Å². The zero-order valence-corrected chi connectivity index (χ0v) is 18.3. The molecule has 1 aliphatic rings. The van der Waals surface area contributed by atoms with Gasteiger partial charge in [-0.15, -0.1) is 0 Å². The first-order valence-corrected chi connectivity index (χ1v) is 10.9. The van der Waals surface area contributed by atoms with Crippen LogP contribution in [0.4, 0.5) is 13.6 Å². The number of hydrogen-bond acceptors (Lipinski definition) is 4. The molecule has 8 heteroatoms. The molecule has 1 N–H and O–H groups in total. The highest BCUT2D eigenvalue weighted by Gasteiger charge is 2.40. The predicted octanol–water partition coefficient (Wildman–Crippen LogP) is 6.23. The van der Waals surface area contributed by atoms with Crippen molar-refractivity contribution in [2.75, 3.05) is 0 Å². The molecule has 1 aromatic heterocycles. The third-order valence-electron chi connectivity index (χ3n) is 5.35. The minimum Gasteiger partial charge on any atom is -0.445 e. The second-order valence-electron chi connectivity index (χ2n) is 7.54. The first kappa shape index (κ1) is 21.0. The van der Waals surface area contributed by atoms with Crippen molar-refractivity contribution in [3.05, 3.63) is 63.6 Å². The molecule has 1 amide bonds. The summed E-state index contributed by atoms with van der Waals surface area (Å²) in [6.45, 7) is 0.119. The standard InChI is InChI=1S/C22H21F2IN2O3/c23-22(24)10-8-15(9-11-22)19(20-26-17-12-16(25)6-7-18(17)30-20)27-21(28)29-13-14-4-2-1-3-5-14/h1-7,12,15,19H,8-11,13H2,(H,27,28). The fourth-order valence-corrected chi connectivity index (χ4v) is 4.19. The van der Waals surface area contributed by atoms with E-state index in [1.54, 1.807) is 0 Å². The topological polar surface area (TPSA) is 64.4 Å². The van der Waals surface area contributed by atoms with Gasteiger partial charge in [0.25, 0.3) is 0 Å². The van der Waals surface area contributed by atoms with E-state index in [1.165, 1.54) is 0 Å². The fraction of sp³-hybridized carbons (Fsp3) is 0.364. The summed E-state index contributed by atoms with van der Waals surface area (Å²) in [4.78, 5) is 17.0. The molecule has 0 radical (unpaired) electrons. The van der Waals surface area contributed by atoms with Crippen LogP contribution in [0, 0.1) is 9.49 Å². The molecule has 1 unspecified atom stereocenters. The van der Waals surface area contributed by atoms with Crippen LogP contribution < -0.4 is 5.32 Å².